The summed E-state index contributed by atoms with van der Waals surface area (Å²) in [6, 6.07) is 10.1. The number of halogens is 3. The summed E-state index contributed by atoms with van der Waals surface area (Å²) in [7, 11) is 0. The van der Waals surface area contributed by atoms with Gasteiger partial charge in [-0.05, 0) is 42.5 Å². The van der Waals surface area contributed by atoms with Crippen LogP contribution < -0.4 is 10.5 Å². The van der Waals surface area contributed by atoms with Gasteiger partial charge in [0.1, 0.15) is 12.1 Å². The van der Waals surface area contributed by atoms with E-state index in [0.717, 1.165) is 0 Å². The third-order valence-corrected chi connectivity index (χ3v) is 3.86. The summed E-state index contributed by atoms with van der Waals surface area (Å²) >= 11 is 0. The van der Waals surface area contributed by atoms with Gasteiger partial charge in [0.15, 0.2) is 11.2 Å². The highest BCUT2D eigenvalue weighted by molar-refractivity contribution is 5.73. The third kappa shape index (κ3) is 3.70. The standard InChI is InChI=1S/C18H11F3N4O3/c19-18(20,21)28-13-3-1-11(2-4-13)14-5-6-15-16(24-14)25(17(26)27-15)9-12-7-8-22-10-23-12/h1-8,10H,9H2. The summed E-state index contributed by atoms with van der Waals surface area (Å²) in [5.74, 6) is -0.923. The average molecular weight is 388 g/mol. The molecule has 3 aromatic heterocycles. The molecule has 0 saturated heterocycles. The van der Waals surface area contributed by atoms with Gasteiger partial charge in [0.25, 0.3) is 0 Å². The Morgan fingerprint density at radius 3 is 2.54 bits per heavy atom. The normalized spacial score (nSPS) is 11.7. The Bertz CT molecular complexity index is 1170. The highest BCUT2D eigenvalue weighted by atomic mass is 19.4. The molecule has 0 N–H and O–H groups in total. The quantitative estimate of drug-likeness (QED) is 0.533. The van der Waals surface area contributed by atoms with Crippen molar-refractivity contribution in [2.45, 2.75) is 12.9 Å². The van der Waals surface area contributed by atoms with Crippen molar-refractivity contribution in [3.63, 3.8) is 0 Å². The lowest BCUT2D eigenvalue weighted by atomic mass is 10.1. The Morgan fingerprint density at radius 1 is 1.07 bits per heavy atom. The first-order valence-corrected chi connectivity index (χ1v) is 8.00. The van der Waals surface area contributed by atoms with Crippen LogP contribution in [0, 0.1) is 0 Å². The molecular formula is C18H11F3N4O3. The molecule has 0 aliphatic rings. The highest BCUT2D eigenvalue weighted by Gasteiger charge is 2.31. The number of aromatic nitrogens is 4. The van der Waals surface area contributed by atoms with Gasteiger partial charge in [-0.15, -0.1) is 13.2 Å². The van der Waals surface area contributed by atoms with E-state index in [2.05, 4.69) is 19.7 Å². The fourth-order valence-electron chi connectivity index (χ4n) is 2.65. The summed E-state index contributed by atoms with van der Waals surface area (Å²) < 4.78 is 47.2. The monoisotopic (exact) mass is 388 g/mol. The zero-order valence-corrected chi connectivity index (χ0v) is 14.1. The zero-order valence-electron chi connectivity index (χ0n) is 14.1. The molecule has 0 aliphatic carbocycles. The average Bonchev–Trinajstić information content (AvgIpc) is 2.97. The van der Waals surface area contributed by atoms with Crippen LogP contribution in [0.1, 0.15) is 5.69 Å². The first-order valence-electron chi connectivity index (χ1n) is 8.00. The predicted molar refractivity (Wildman–Crippen MR) is 91.5 cm³/mol. The Kier molecular flexibility index (Phi) is 4.30. The third-order valence-electron chi connectivity index (χ3n) is 3.86. The number of hydrogen-bond donors (Lipinski definition) is 0. The zero-order chi connectivity index (χ0) is 19.7. The van der Waals surface area contributed by atoms with Gasteiger partial charge in [-0.2, -0.15) is 0 Å². The second-order valence-corrected chi connectivity index (χ2v) is 5.75. The van der Waals surface area contributed by atoms with E-state index in [1.807, 2.05) is 0 Å². The molecule has 4 rings (SSSR count). The number of ether oxygens (including phenoxy) is 1. The molecule has 0 spiro atoms. The van der Waals surface area contributed by atoms with E-state index < -0.39 is 12.1 Å². The molecule has 3 heterocycles. The van der Waals surface area contributed by atoms with E-state index in [-0.39, 0.29) is 12.3 Å². The molecule has 0 bridgehead atoms. The molecule has 4 aromatic rings. The van der Waals surface area contributed by atoms with Crippen molar-refractivity contribution in [1.82, 2.24) is 19.5 Å². The molecule has 0 saturated carbocycles. The number of fused-ring (bicyclic) bond motifs is 1. The van der Waals surface area contributed by atoms with Crippen LogP contribution in [0.2, 0.25) is 0 Å². The summed E-state index contributed by atoms with van der Waals surface area (Å²) in [5, 5.41) is 0. The predicted octanol–water partition coefficient (Wildman–Crippen LogP) is 3.39. The molecular weight excluding hydrogens is 377 g/mol. The molecule has 7 nitrogen and oxygen atoms in total. The summed E-state index contributed by atoms with van der Waals surface area (Å²) in [5.41, 5.74) is 2.21. The van der Waals surface area contributed by atoms with E-state index >= 15 is 0 Å². The molecule has 0 fully saturated rings. The van der Waals surface area contributed by atoms with Crippen LogP contribution in [-0.4, -0.2) is 25.9 Å². The van der Waals surface area contributed by atoms with E-state index in [4.69, 9.17) is 4.42 Å². The largest absolute Gasteiger partial charge is 0.573 e. The smallest absolute Gasteiger partial charge is 0.406 e. The molecule has 28 heavy (non-hydrogen) atoms. The lowest BCUT2D eigenvalue weighted by molar-refractivity contribution is -0.274. The molecule has 0 aliphatic heterocycles. The fourth-order valence-corrected chi connectivity index (χ4v) is 2.65. The van der Waals surface area contributed by atoms with Gasteiger partial charge in [-0.1, -0.05) is 0 Å². The van der Waals surface area contributed by atoms with Crippen molar-refractivity contribution in [3.05, 3.63) is 71.2 Å². The van der Waals surface area contributed by atoms with Crippen molar-refractivity contribution in [1.29, 1.82) is 0 Å². The van der Waals surface area contributed by atoms with E-state index in [1.165, 1.54) is 35.2 Å². The van der Waals surface area contributed by atoms with E-state index in [1.54, 1.807) is 24.4 Å². The number of hydrogen-bond acceptors (Lipinski definition) is 6. The SMILES string of the molecule is O=c1oc2ccc(-c3ccc(OC(F)(F)F)cc3)nc2n1Cc1ccncn1. The highest BCUT2D eigenvalue weighted by Crippen LogP contribution is 2.26. The van der Waals surface area contributed by atoms with Crippen LogP contribution in [0.5, 0.6) is 5.75 Å². The first kappa shape index (κ1) is 17.7. The number of rotatable bonds is 4. The molecule has 0 atom stereocenters. The van der Waals surface area contributed by atoms with Crippen LogP contribution in [0.4, 0.5) is 13.2 Å². The second kappa shape index (κ2) is 6.80. The van der Waals surface area contributed by atoms with Crippen molar-refractivity contribution in [2.75, 3.05) is 0 Å². The van der Waals surface area contributed by atoms with Crippen molar-refractivity contribution in [3.8, 4) is 17.0 Å². The molecule has 142 valence electrons. The minimum atomic E-state index is -4.76. The Hall–Kier alpha value is -3.69. The Labute approximate surface area is 155 Å². The Morgan fingerprint density at radius 2 is 1.86 bits per heavy atom. The summed E-state index contributed by atoms with van der Waals surface area (Å²) in [6.45, 7) is 0.142. The van der Waals surface area contributed by atoms with Crippen molar-refractivity contribution < 1.29 is 22.3 Å². The summed E-state index contributed by atoms with van der Waals surface area (Å²) in [4.78, 5) is 24.5. The lowest BCUT2D eigenvalue weighted by Crippen LogP contribution is -2.17. The molecule has 0 amide bonds. The molecule has 10 heteroatoms. The first-order chi connectivity index (χ1) is 13.4. The number of benzene rings is 1. The van der Waals surface area contributed by atoms with E-state index in [9.17, 15) is 18.0 Å². The molecule has 0 unspecified atom stereocenters. The second-order valence-electron chi connectivity index (χ2n) is 5.75. The lowest BCUT2D eigenvalue weighted by Gasteiger charge is -2.09. The van der Waals surface area contributed by atoms with Gasteiger partial charge in [-0.3, -0.25) is 4.57 Å². The minimum absolute atomic E-state index is 0.142. The van der Waals surface area contributed by atoms with Crippen molar-refractivity contribution >= 4 is 11.2 Å². The van der Waals surface area contributed by atoms with Crippen molar-refractivity contribution in [2.24, 2.45) is 0 Å². The van der Waals surface area contributed by atoms with Gasteiger partial charge < -0.3 is 9.15 Å². The minimum Gasteiger partial charge on any atom is -0.406 e. The fraction of sp³-hybridized carbons (Fsp3) is 0.111. The van der Waals surface area contributed by atoms with Crippen LogP contribution in [-0.2, 0) is 6.54 Å². The van der Waals surface area contributed by atoms with Crippen LogP contribution >= 0.6 is 0 Å². The van der Waals surface area contributed by atoms with Gasteiger partial charge in [0.05, 0.1) is 17.9 Å². The number of alkyl halides is 3. The van der Waals surface area contributed by atoms with Crippen LogP contribution in [0.3, 0.4) is 0 Å². The van der Waals surface area contributed by atoms with Gasteiger partial charge in [0.2, 0.25) is 0 Å². The van der Waals surface area contributed by atoms with E-state index in [0.29, 0.717) is 28.2 Å². The maximum absolute atomic E-state index is 12.3. The van der Waals surface area contributed by atoms with Crippen LogP contribution in [0.25, 0.3) is 22.5 Å². The number of pyridine rings is 1. The van der Waals surface area contributed by atoms with Crippen LogP contribution in [0.15, 0.2) is 64.2 Å². The maximum atomic E-state index is 12.3. The molecule has 0 radical (unpaired) electrons. The maximum Gasteiger partial charge on any atom is 0.573 e. The van der Waals surface area contributed by atoms with Gasteiger partial charge >= 0.3 is 12.1 Å². The topological polar surface area (TPSA) is 83.0 Å². The van der Waals surface area contributed by atoms with Gasteiger partial charge in [-0.25, -0.2) is 19.7 Å². The molecule has 1 aromatic carbocycles. The Balaban J connectivity index is 1.69. The number of oxazole rings is 1. The summed E-state index contributed by atoms with van der Waals surface area (Å²) in [6.07, 6.45) is -1.84. The van der Waals surface area contributed by atoms with Gasteiger partial charge in [0, 0.05) is 11.8 Å². The number of nitrogens with zero attached hydrogens (tertiary/aromatic N) is 4.